The van der Waals surface area contributed by atoms with E-state index in [1.165, 1.54) is 32.4 Å². The smallest absolute Gasteiger partial charge is 0.0602 e. The molecular weight excluding hydrogens is 354 g/mol. The van der Waals surface area contributed by atoms with Crippen LogP contribution in [-0.2, 0) is 0 Å². The van der Waals surface area contributed by atoms with Crippen LogP contribution in [0, 0.1) is 6.92 Å². The van der Waals surface area contributed by atoms with Gasteiger partial charge in [0.15, 0.2) is 0 Å². The summed E-state index contributed by atoms with van der Waals surface area (Å²) in [5, 5.41) is 0. The molecule has 1 nitrogen and oxygen atoms in total. The number of rotatable bonds is 1. The summed E-state index contributed by atoms with van der Waals surface area (Å²) in [6, 6.07) is 23.7. The minimum absolute atomic E-state index is 1.11. The van der Waals surface area contributed by atoms with Gasteiger partial charge < -0.3 is 4.90 Å². The number of benzene rings is 3. The van der Waals surface area contributed by atoms with Gasteiger partial charge in [-0.1, -0.05) is 52.0 Å². The Balaban J connectivity index is 1.97. The average molecular weight is 368 g/mol. The van der Waals surface area contributed by atoms with Crippen molar-refractivity contribution in [2.45, 2.75) is 16.7 Å². The molecule has 0 unspecified atom stereocenters. The predicted octanol–water partition coefficient (Wildman–Crippen LogP) is 6.69. The zero-order chi connectivity index (χ0) is 15.1. The molecule has 0 amide bonds. The van der Waals surface area contributed by atoms with Gasteiger partial charge in [0.2, 0.25) is 0 Å². The fraction of sp³-hybridized carbons (Fsp3) is 0.0526. The number of anilines is 3. The molecular formula is C19H14BrNS. The van der Waals surface area contributed by atoms with Gasteiger partial charge in [-0.25, -0.2) is 0 Å². The molecule has 22 heavy (non-hydrogen) atoms. The van der Waals surface area contributed by atoms with E-state index in [1.54, 1.807) is 0 Å². The number of hydrogen-bond donors (Lipinski definition) is 0. The number of hydrogen-bond acceptors (Lipinski definition) is 2. The van der Waals surface area contributed by atoms with E-state index in [-0.39, 0.29) is 0 Å². The number of aryl methyl sites for hydroxylation is 1. The molecule has 108 valence electrons. The molecule has 0 saturated heterocycles. The number of fused-ring (bicyclic) bond motifs is 2. The van der Waals surface area contributed by atoms with E-state index in [0.717, 1.165) is 4.47 Å². The van der Waals surface area contributed by atoms with Crippen LogP contribution in [0.15, 0.2) is 81.0 Å². The molecule has 3 aromatic carbocycles. The van der Waals surface area contributed by atoms with E-state index < -0.39 is 0 Å². The van der Waals surface area contributed by atoms with Crippen molar-refractivity contribution in [3.8, 4) is 0 Å². The van der Waals surface area contributed by atoms with Crippen LogP contribution >= 0.6 is 27.7 Å². The zero-order valence-electron chi connectivity index (χ0n) is 12.1. The number of halogens is 1. The second kappa shape index (κ2) is 5.49. The maximum absolute atomic E-state index is 3.59. The van der Waals surface area contributed by atoms with Crippen molar-refractivity contribution < 1.29 is 0 Å². The zero-order valence-corrected chi connectivity index (χ0v) is 14.5. The van der Waals surface area contributed by atoms with Crippen LogP contribution in [0.1, 0.15) is 5.56 Å². The van der Waals surface area contributed by atoms with Crippen LogP contribution in [0.4, 0.5) is 17.1 Å². The Morgan fingerprint density at radius 3 is 2.27 bits per heavy atom. The molecule has 3 heteroatoms. The van der Waals surface area contributed by atoms with Crippen molar-refractivity contribution in [2.75, 3.05) is 4.90 Å². The summed E-state index contributed by atoms with van der Waals surface area (Å²) in [4.78, 5) is 4.92. The first-order chi connectivity index (χ1) is 10.7. The van der Waals surface area contributed by atoms with Gasteiger partial charge in [0, 0.05) is 20.0 Å². The van der Waals surface area contributed by atoms with Crippen molar-refractivity contribution in [1.82, 2.24) is 0 Å². The van der Waals surface area contributed by atoms with E-state index in [9.17, 15) is 0 Å². The van der Waals surface area contributed by atoms with E-state index >= 15 is 0 Å². The van der Waals surface area contributed by atoms with Gasteiger partial charge >= 0.3 is 0 Å². The molecule has 0 aromatic heterocycles. The van der Waals surface area contributed by atoms with Gasteiger partial charge in [0.1, 0.15) is 0 Å². The summed E-state index contributed by atoms with van der Waals surface area (Å²) in [6.45, 7) is 2.14. The molecule has 0 N–H and O–H groups in total. The maximum atomic E-state index is 3.59. The molecule has 4 rings (SSSR count). The highest BCUT2D eigenvalue weighted by Gasteiger charge is 2.24. The normalized spacial score (nSPS) is 12.7. The monoisotopic (exact) mass is 367 g/mol. The van der Waals surface area contributed by atoms with Gasteiger partial charge in [-0.3, -0.25) is 0 Å². The highest BCUT2D eigenvalue weighted by Crippen LogP contribution is 2.51. The van der Waals surface area contributed by atoms with E-state index in [1.807, 2.05) is 11.8 Å². The molecule has 1 heterocycles. The highest BCUT2D eigenvalue weighted by atomic mass is 79.9. The van der Waals surface area contributed by atoms with Crippen LogP contribution in [-0.4, -0.2) is 0 Å². The summed E-state index contributed by atoms with van der Waals surface area (Å²) >= 11 is 5.43. The third kappa shape index (κ3) is 2.34. The SMILES string of the molecule is Cc1ccc2c(c1)Sc1cc(Br)ccc1N2c1ccccc1. The second-order valence-electron chi connectivity index (χ2n) is 5.36. The molecule has 1 aliphatic rings. The fourth-order valence-electron chi connectivity index (χ4n) is 2.75. The first-order valence-electron chi connectivity index (χ1n) is 7.15. The molecule has 1 aliphatic heterocycles. The van der Waals surface area contributed by atoms with Crippen molar-refractivity contribution in [3.63, 3.8) is 0 Å². The summed E-state index contributed by atoms with van der Waals surface area (Å²) in [5.41, 5.74) is 4.96. The molecule has 0 radical (unpaired) electrons. The van der Waals surface area contributed by atoms with Crippen LogP contribution < -0.4 is 4.90 Å². The van der Waals surface area contributed by atoms with Gasteiger partial charge in [0.05, 0.1) is 11.4 Å². The third-order valence-corrected chi connectivity index (χ3v) is 5.34. The minimum atomic E-state index is 1.11. The van der Waals surface area contributed by atoms with Gasteiger partial charge in [-0.2, -0.15) is 0 Å². The summed E-state index contributed by atoms with van der Waals surface area (Å²) in [7, 11) is 0. The predicted molar refractivity (Wildman–Crippen MR) is 97.7 cm³/mol. The molecule has 0 spiro atoms. The van der Waals surface area contributed by atoms with Crippen molar-refractivity contribution in [2.24, 2.45) is 0 Å². The van der Waals surface area contributed by atoms with Crippen LogP contribution in [0.5, 0.6) is 0 Å². The van der Waals surface area contributed by atoms with Crippen molar-refractivity contribution in [1.29, 1.82) is 0 Å². The highest BCUT2D eigenvalue weighted by molar-refractivity contribution is 9.10. The van der Waals surface area contributed by atoms with E-state index in [2.05, 4.69) is 94.5 Å². The summed E-state index contributed by atoms with van der Waals surface area (Å²) in [5.74, 6) is 0. The first-order valence-corrected chi connectivity index (χ1v) is 8.76. The molecule has 0 bridgehead atoms. The lowest BCUT2D eigenvalue weighted by Gasteiger charge is -2.33. The average Bonchev–Trinajstić information content (AvgIpc) is 2.53. The van der Waals surface area contributed by atoms with E-state index in [0.29, 0.717) is 0 Å². The van der Waals surface area contributed by atoms with E-state index in [4.69, 9.17) is 0 Å². The lowest BCUT2D eigenvalue weighted by Crippen LogP contribution is -2.14. The Hall–Kier alpha value is -1.71. The number of para-hydroxylation sites is 1. The fourth-order valence-corrected chi connectivity index (χ4v) is 4.45. The molecule has 0 saturated carbocycles. The standard InChI is InChI=1S/C19H14BrNS/c1-13-7-9-16-18(11-13)22-19-12-14(20)8-10-17(19)21(16)15-5-3-2-4-6-15/h2-12H,1H3. The lowest BCUT2D eigenvalue weighted by atomic mass is 10.1. The van der Waals surface area contributed by atoms with Crippen LogP contribution in [0.25, 0.3) is 0 Å². The molecule has 0 aliphatic carbocycles. The third-order valence-electron chi connectivity index (χ3n) is 3.75. The first kappa shape index (κ1) is 13.9. The van der Waals surface area contributed by atoms with Crippen LogP contribution in [0.2, 0.25) is 0 Å². The van der Waals surface area contributed by atoms with Crippen molar-refractivity contribution >= 4 is 44.8 Å². The molecule has 3 aromatic rings. The largest absolute Gasteiger partial charge is 0.308 e. The summed E-state index contributed by atoms with van der Waals surface area (Å²) < 4.78 is 1.11. The molecule has 0 fully saturated rings. The van der Waals surface area contributed by atoms with Gasteiger partial charge in [0.25, 0.3) is 0 Å². The Bertz CT molecular complexity index is 794. The molecule has 0 atom stereocenters. The Labute approximate surface area is 143 Å². The Morgan fingerprint density at radius 2 is 1.50 bits per heavy atom. The second-order valence-corrected chi connectivity index (χ2v) is 7.36. The maximum Gasteiger partial charge on any atom is 0.0602 e. The lowest BCUT2D eigenvalue weighted by molar-refractivity contribution is 1.15. The quantitative estimate of drug-likeness (QED) is 0.368. The minimum Gasteiger partial charge on any atom is -0.308 e. The number of nitrogens with zero attached hydrogens (tertiary/aromatic N) is 1. The Kier molecular flexibility index (Phi) is 3.47. The summed E-state index contributed by atoms with van der Waals surface area (Å²) in [6.07, 6.45) is 0. The van der Waals surface area contributed by atoms with Crippen LogP contribution in [0.3, 0.4) is 0 Å². The topological polar surface area (TPSA) is 3.24 Å². The van der Waals surface area contributed by atoms with Gasteiger partial charge in [-0.05, 0) is 55.0 Å². The van der Waals surface area contributed by atoms with Gasteiger partial charge in [-0.15, -0.1) is 0 Å². The Morgan fingerprint density at radius 1 is 0.818 bits per heavy atom. The van der Waals surface area contributed by atoms with Crippen molar-refractivity contribution in [3.05, 3.63) is 76.8 Å².